The van der Waals surface area contributed by atoms with Crippen LogP contribution in [0.3, 0.4) is 0 Å². The molecule has 76 valence electrons. The van der Waals surface area contributed by atoms with Gasteiger partial charge in [0.05, 0.1) is 0 Å². The molecule has 0 radical (unpaired) electrons. The quantitative estimate of drug-likeness (QED) is 0.507. The van der Waals surface area contributed by atoms with Gasteiger partial charge in [0.15, 0.2) is 5.78 Å². The molecule has 0 atom stereocenters. The van der Waals surface area contributed by atoms with Gasteiger partial charge < -0.3 is 5.73 Å². The highest BCUT2D eigenvalue weighted by Gasteiger charge is 2.05. The zero-order chi connectivity index (χ0) is 10.3. The molecule has 0 aromatic heterocycles. The molecule has 0 amide bonds. The van der Waals surface area contributed by atoms with Gasteiger partial charge in [0.25, 0.3) is 0 Å². The van der Waals surface area contributed by atoms with E-state index in [-0.39, 0.29) is 5.78 Å². The lowest BCUT2D eigenvalue weighted by molar-refractivity contribution is -0.113. The van der Waals surface area contributed by atoms with Gasteiger partial charge in [-0.2, -0.15) is 0 Å². The van der Waals surface area contributed by atoms with Crippen LogP contribution < -0.4 is 5.73 Å². The van der Waals surface area contributed by atoms with E-state index in [0.717, 1.165) is 24.8 Å². The Kier molecular flexibility index (Phi) is 6.51. The fourth-order valence-corrected chi connectivity index (χ4v) is 1.20. The van der Waals surface area contributed by atoms with E-state index in [1.807, 2.05) is 6.08 Å². The number of carbonyl (C=O) groups is 1. The summed E-state index contributed by atoms with van der Waals surface area (Å²) in [6.07, 6.45) is 4.82. The maximum atomic E-state index is 11.2. The minimum Gasteiger partial charge on any atom is -0.330 e. The molecule has 2 heteroatoms. The third-order valence-corrected chi connectivity index (χ3v) is 1.88. The van der Waals surface area contributed by atoms with E-state index < -0.39 is 0 Å². The third-order valence-electron chi connectivity index (χ3n) is 1.88. The van der Waals surface area contributed by atoms with Crippen LogP contribution in [0.15, 0.2) is 11.6 Å². The zero-order valence-corrected chi connectivity index (χ0v) is 8.97. The summed E-state index contributed by atoms with van der Waals surface area (Å²) in [7, 11) is 0. The van der Waals surface area contributed by atoms with Gasteiger partial charge in [-0.1, -0.05) is 19.9 Å². The molecule has 0 saturated heterocycles. The maximum Gasteiger partial charge on any atom is 0.155 e. The fraction of sp³-hybridized carbons (Fsp3) is 0.727. The van der Waals surface area contributed by atoms with Crippen LogP contribution in [0.5, 0.6) is 0 Å². The molecule has 0 aliphatic heterocycles. The molecular weight excluding hydrogens is 162 g/mol. The van der Waals surface area contributed by atoms with Gasteiger partial charge in [-0.25, -0.2) is 0 Å². The summed E-state index contributed by atoms with van der Waals surface area (Å²) >= 11 is 0. The van der Waals surface area contributed by atoms with Crippen molar-refractivity contribution >= 4 is 5.78 Å². The lowest BCUT2D eigenvalue weighted by Gasteiger charge is -2.06. The van der Waals surface area contributed by atoms with Crippen molar-refractivity contribution in [1.29, 1.82) is 0 Å². The predicted octanol–water partition coefficient (Wildman–Crippen LogP) is 2.29. The standard InChI is InChI=1S/C11H21NO/c1-9(2)8-11(10(3)13)6-4-5-7-12/h6,9H,4-5,7-8,12H2,1-3H3/b11-6+. The Morgan fingerprint density at radius 3 is 2.46 bits per heavy atom. The summed E-state index contributed by atoms with van der Waals surface area (Å²) < 4.78 is 0. The van der Waals surface area contributed by atoms with Crippen LogP contribution in [-0.2, 0) is 4.79 Å². The molecule has 2 N–H and O–H groups in total. The van der Waals surface area contributed by atoms with E-state index in [0.29, 0.717) is 12.5 Å². The van der Waals surface area contributed by atoms with Crippen LogP contribution in [-0.4, -0.2) is 12.3 Å². The molecule has 0 aliphatic carbocycles. The highest BCUT2D eigenvalue weighted by Crippen LogP contribution is 2.12. The van der Waals surface area contributed by atoms with E-state index in [4.69, 9.17) is 5.73 Å². The summed E-state index contributed by atoms with van der Waals surface area (Å²) in [5.74, 6) is 0.749. The minimum atomic E-state index is 0.200. The van der Waals surface area contributed by atoms with Gasteiger partial charge in [-0.05, 0) is 44.2 Å². The van der Waals surface area contributed by atoms with Crippen LogP contribution in [0, 0.1) is 5.92 Å². The van der Waals surface area contributed by atoms with Crippen molar-refractivity contribution in [3.8, 4) is 0 Å². The molecule has 0 bridgehead atoms. The second-order valence-electron chi connectivity index (χ2n) is 3.81. The van der Waals surface area contributed by atoms with E-state index in [1.54, 1.807) is 6.92 Å². The molecule has 0 aromatic rings. The van der Waals surface area contributed by atoms with E-state index in [9.17, 15) is 4.79 Å². The SMILES string of the molecule is CC(=O)/C(=C/CCCN)CC(C)C. The summed E-state index contributed by atoms with van der Waals surface area (Å²) in [5, 5.41) is 0. The summed E-state index contributed by atoms with van der Waals surface area (Å²) in [6.45, 7) is 6.58. The number of Topliss-reactive ketones (excluding diaryl/α,β-unsaturated/α-hetero) is 1. The number of unbranched alkanes of at least 4 members (excludes halogenated alkanes) is 1. The van der Waals surface area contributed by atoms with Gasteiger partial charge in [-0.15, -0.1) is 0 Å². The Balaban J connectivity index is 4.07. The first-order valence-electron chi connectivity index (χ1n) is 4.98. The molecule has 0 spiro atoms. The van der Waals surface area contributed by atoms with Gasteiger partial charge in [0.1, 0.15) is 0 Å². The van der Waals surface area contributed by atoms with Crippen molar-refractivity contribution in [2.75, 3.05) is 6.54 Å². The molecule has 13 heavy (non-hydrogen) atoms. The maximum absolute atomic E-state index is 11.2. The van der Waals surface area contributed by atoms with Gasteiger partial charge in [0, 0.05) is 0 Å². The number of allylic oxidation sites excluding steroid dienone is 2. The minimum absolute atomic E-state index is 0.200. The van der Waals surface area contributed by atoms with Crippen molar-refractivity contribution in [1.82, 2.24) is 0 Å². The Morgan fingerprint density at radius 1 is 1.46 bits per heavy atom. The van der Waals surface area contributed by atoms with Crippen molar-refractivity contribution in [2.45, 2.75) is 40.0 Å². The molecular formula is C11H21NO. The van der Waals surface area contributed by atoms with Crippen molar-refractivity contribution in [3.63, 3.8) is 0 Å². The van der Waals surface area contributed by atoms with Crippen molar-refractivity contribution < 1.29 is 4.79 Å². The first-order chi connectivity index (χ1) is 6.07. The molecule has 0 saturated carbocycles. The molecule has 0 fully saturated rings. The Labute approximate surface area is 81.2 Å². The Morgan fingerprint density at radius 2 is 2.08 bits per heavy atom. The largest absolute Gasteiger partial charge is 0.330 e. The highest BCUT2D eigenvalue weighted by atomic mass is 16.1. The Bertz CT molecular complexity index is 183. The van der Waals surface area contributed by atoms with Crippen LogP contribution in [0.4, 0.5) is 0 Å². The molecule has 2 nitrogen and oxygen atoms in total. The number of hydrogen-bond acceptors (Lipinski definition) is 2. The zero-order valence-electron chi connectivity index (χ0n) is 8.97. The summed E-state index contributed by atoms with van der Waals surface area (Å²) in [5.41, 5.74) is 6.34. The van der Waals surface area contributed by atoms with Crippen LogP contribution in [0.2, 0.25) is 0 Å². The molecule has 0 rings (SSSR count). The monoisotopic (exact) mass is 183 g/mol. The van der Waals surface area contributed by atoms with Crippen molar-refractivity contribution in [2.24, 2.45) is 11.7 Å². The van der Waals surface area contributed by atoms with Gasteiger partial charge in [-0.3, -0.25) is 4.79 Å². The summed E-state index contributed by atoms with van der Waals surface area (Å²) in [4.78, 5) is 11.2. The van der Waals surface area contributed by atoms with Crippen LogP contribution in [0.1, 0.15) is 40.0 Å². The second kappa shape index (κ2) is 6.84. The molecule has 0 heterocycles. The number of hydrogen-bond donors (Lipinski definition) is 1. The van der Waals surface area contributed by atoms with Gasteiger partial charge in [0.2, 0.25) is 0 Å². The van der Waals surface area contributed by atoms with E-state index >= 15 is 0 Å². The number of rotatable bonds is 6. The van der Waals surface area contributed by atoms with E-state index in [2.05, 4.69) is 13.8 Å². The van der Waals surface area contributed by atoms with Crippen LogP contribution >= 0.6 is 0 Å². The first kappa shape index (κ1) is 12.4. The molecule has 0 unspecified atom stereocenters. The average molecular weight is 183 g/mol. The third kappa shape index (κ3) is 6.52. The van der Waals surface area contributed by atoms with E-state index in [1.165, 1.54) is 0 Å². The first-order valence-corrected chi connectivity index (χ1v) is 4.98. The predicted molar refractivity (Wildman–Crippen MR) is 56.5 cm³/mol. The molecule has 0 aromatic carbocycles. The highest BCUT2D eigenvalue weighted by molar-refractivity contribution is 5.93. The summed E-state index contributed by atoms with van der Waals surface area (Å²) in [6, 6.07) is 0. The second-order valence-corrected chi connectivity index (χ2v) is 3.81. The Hall–Kier alpha value is -0.630. The van der Waals surface area contributed by atoms with Crippen LogP contribution in [0.25, 0.3) is 0 Å². The van der Waals surface area contributed by atoms with Crippen molar-refractivity contribution in [3.05, 3.63) is 11.6 Å². The fourth-order valence-electron chi connectivity index (χ4n) is 1.20. The lowest BCUT2D eigenvalue weighted by Crippen LogP contribution is -2.02. The normalized spacial score (nSPS) is 12.2. The lowest BCUT2D eigenvalue weighted by atomic mass is 9.99. The topological polar surface area (TPSA) is 43.1 Å². The smallest absolute Gasteiger partial charge is 0.155 e. The number of carbonyl (C=O) groups excluding carboxylic acids is 1. The average Bonchev–Trinajstić information content (AvgIpc) is 2.02. The molecule has 0 aliphatic rings. The number of ketones is 1. The number of nitrogens with two attached hydrogens (primary N) is 1. The van der Waals surface area contributed by atoms with Gasteiger partial charge >= 0.3 is 0 Å².